The van der Waals surface area contributed by atoms with Crippen molar-refractivity contribution in [1.29, 1.82) is 0 Å². The molecule has 8 heteroatoms. The summed E-state index contributed by atoms with van der Waals surface area (Å²) >= 11 is 5.35. The number of nitrogens with zero attached hydrogens (tertiary/aromatic N) is 4. The summed E-state index contributed by atoms with van der Waals surface area (Å²) in [6, 6.07) is 16.8. The SMILES string of the molecule is Cc1cccc(-c2n[nH]c(=S)n2CC(=O)NCCCCN2CCN(c3cccc(C)c3)CC2)c1. The van der Waals surface area contributed by atoms with Gasteiger partial charge in [0.2, 0.25) is 5.91 Å². The quantitative estimate of drug-likeness (QED) is 0.360. The molecule has 0 aliphatic carbocycles. The maximum Gasteiger partial charge on any atom is 0.240 e. The molecule has 1 fully saturated rings. The zero-order valence-electron chi connectivity index (χ0n) is 20.1. The van der Waals surface area contributed by atoms with Gasteiger partial charge in [-0.1, -0.05) is 35.9 Å². The van der Waals surface area contributed by atoms with E-state index in [1.807, 2.05) is 31.2 Å². The smallest absolute Gasteiger partial charge is 0.240 e. The fraction of sp³-hybridized carbons (Fsp3) is 0.423. The van der Waals surface area contributed by atoms with Crippen LogP contribution >= 0.6 is 12.2 Å². The molecule has 0 spiro atoms. The highest BCUT2D eigenvalue weighted by molar-refractivity contribution is 7.71. The molecule has 1 aromatic heterocycles. The molecule has 4 rings (SSSR count). The van der Waals surface area contributed by atoms with Crippen LogP contribution in [0.1, 0.15) is 24.0 Å². The highest BCUT2D eigenvalue weighted by Gasteiger charge is 2.17. The van der Waals surface area contributed by atoms with Gasteiger partial charge in [-0.15, -0.1) is 0 Å². The molecule has 2 aromatic carbocycles. The molecule has 180 valence electrons. The number of anilines is 1. The van der Waals surface area contributed by atoms with Crippen molar-refractivity contribution in [2.45, 2.75) is 33.2 Å². The van der Waals surface area contributed by atoms with Crippen LogP contribution in [0.5, 0.6) is 0 Å². The predicted molar refractivity (Wildman–Crippen MR) is 140 cm³/mol. The minimum Gasteiger partial charge on any atom is -0.369 e. The van der Waals surface area contributed by atoms with Crippen LogP contribution < -0.4 is 10.2 Å². The number of hydrogen-bond donors (Lipinski definition) is 2. The van der Waals surface area contributed by atoms with E-state index in [9.17, 15) is 4.79 Å². The first-order chi connectivity index (χ1) is 16.5. The summed E-state index contributed by atoms with van der Waals surface area (Å²) in [6.45, 7) is 10.4. The standard InChI is InChI=1S/C26H34N6OS/c1-20-7-5-9-22(17-20)25-28-29-26(34)32(25)19-24(33)27-11-3-4-12-30-13-15-31(16-14-30)23-10-6-8-21(2)18-23/h5-10,17-18H,3-4,11-16,19H2,1-2H3,(H,27,33)(H,29,34). The molecule has 3 aromatic rings. The van der Waals surface area contributed by atoms with Gasteiger partial charge < -0.3 is 10.2 Å². The molecular weight excluding hydrogens is 444 g/mol. The van der Waals surface area contributed by atoms with E-state index in [-0.39, 0.29) is 12.5 Å². The van der Waals surface area contributed by atoms with Crippen molar-refractivity contribution < 1.29 is 4.79 Å². The van der Waals surface area contributed by atoms with Crippen molar-refractivity contribution >= 4 is 23.8 Å². The Morgan fingerprint density at radius 1 is 1.03 bits per heavy atom. The maximum absolute atomic E-state index is 12.5. The van der Waals surface area contributed by atoms with E-state index in [0.717, 1.165) is 56.7 Å². The van der Waals surface area contributed by atoms with E-state index in [1.165, 1.54) is 11.3 Å². The van der Waals surface area contributed by atoms with Crippen molar-refractivity contribution in [2.75, 3.05) is 44.2 Å². The molecule has 1 aliphatic heterocycles. The van der Waals surface area contributed by atoms with Gasteiger partial charge in [-0.25, -0.2) is 0 Å². The van der Waals surface area contributed by atoms with Crippen LogP contribution in [-0.2, 0) is 11.3 Å². The normalized spacial score (nSPS) is 14.4. The average Bonchev–Trinajstić information content (AvgIpc) is 3.19. The second-order valence-electron chi connectivity index (χ2n) is 9.03. The Bertz CT molecular complexity index is 1160. The highest BCUT2D eigenvalue weighted by Crippen LogP contribution is 2.19. The summed E-state index contributed by atoms with van der Waals surface area (Å²) in [5.74, 6) is 0.645. The number of aromatic amines is 1. The van der Waals surface area contributed by atoms with Gasteiger partial charge in [0.25, 0.3) is 0 Å². The first-order valence-corrected chi connectivity index (χ1v) is 12.4. The lowest BCUT2D eigenvalue weighted by molar-refractivity contribution is -0.121. The Labute approximate surface area is 206 Å². The van der Waals surface area contributed by atoms with Crippen molar-refractivity contribution in [3.8, 4) is 11.4 Å². The number of carbonyl (C=O) groups is 1. The van der Waals surface area contributed by atoms with Crippen LogP contribution in [0.3, 0.4) is 0 Å². The Hall–Kier alpha value is -2.97. The number of unbranched alkanes of at least 4 members (excludes halogenated alkanes) is 1. The zero-order valence-corrected chi connectivity index (χ0v) is 20.9. The molecule has 0 unspecified atom stereocenters. The molecule has 1 aliphatic rings. The summed E-state index contributed by atoms with van der Waals surface area (Å²) in [4.78, 5) is 17.5. The van der Waals surface area contributed by atoms with Crippen LogP contribution in [0.25, 0.3) is 11.4 Å². The van der Waals surface area contributed by atoms with Gasteiger partial charge in [-0.2, -0.15) is 5.10 Å². The average molecular weight is 479 g/mol. The third kappa shape index (κ3) is 6.33. The second kappa shape index (κ2) is 11.4. The lowest BCUT2D eigenvalue weighted by Gasteiger charge is -2.36. The lowest BCUT2D eigenvalue weighted by atomic mass is 10.1. The fourth-order valence-electron chi connectivity index (χ4n) is 4.41. The number of hydrogen-bond acceptors (Lipinski definition) is 5. The van der Waals surface area contributed by atoms with Crippen LogP contribution in [0.4, 0.5) is 5.69 Å². The second-order valence-corrected chi connectivity index (χ2v) is 9.42. The van der Waals surface area contributed by atoms with Gasteiger partial charge in [-0.05, 0) is 69.2 Å². The number of amides is 1. The summed E-state index contributed by atoms with van der Waals surface area (Å²) in [7, 11) is 0. The van der Waals surface area contributed by atoms with Crippen LogP contribution in [-0.4, -0.2) is 64.8 Å². The molecule has 7 nitrogen and oxygen atoms in total. The number of piperazine rings is 1. The Morgan fingerprint density at radius 2 is 1.76 bits per heavy atom. The van der Waals surface area contributed by atoms with E-state index in [0.29, 0.717) is 17.1 Å². The molecule has 34 heavy (non-hydrogen) atoms. The number of nitrogens with one attached hydrogen (secondary N) is 2. The summed E-state index contributed by atoms with van der Waals surface area (Å²) < 4.78 is 2.21. The number of carbonyl (C=O) groups excluding carboxylic acids is 1. The van der Waals surface area contributed by atoms with Crippen molar-refractivity contribution in [1.82, 2.24) is 25.0 Å². The molecule has 1 saturated heterocycles. The first-order valence-electron chi connectivity index (χ1n) is 12.0. The third-order valence-corrected chi connectivity index (χ3v) is 6.61. The highest BCUT2D eigenvalue weighted by atomic mass is 32.1. The molecule has 0 bridgehead atoms. The van der Waals surface area contributed by atoms with E-state index in [1.54, 1.807) is 4.57 Å². The number of rotatable bonds is 9. The van der Waals surface area contributed by atoms with Gasteiger partial charge in [-0.3, -0.25) is 19.4 Å². The molecule has 1 amide bonds. The molecule has 0 saturated carbocycles. The van der Waals surface area contributed by atoms with Crippen molar-refractivity contribution in [2.24, 2.45) is 0 Å². The predicted octanol–water partition coefficient (Wildman–Crippen LogP) is 3.94. The van der Waals surface area contributed by atoms with Gasteiger partial charge in [0, 0.05) is 44.0 Å². The summed E-state index contributed by atoms with van der Waals surface area (Å²) in [5, 5.41) is 10.2. The third-order valence-electron chi connectivity index (χ3n) is 6.30. The van der Waals surface area contributed by atoms with Gasteiger partial charge in [0.05, 0.1) is 0 Å². The van der Waals surface area contributed by atoms with E-state index in [2.05, 4.69) is 56.5 Å². The Morgan fingerprint density at radius 3 is 2.50 bits per heavy atom. The maximum atomic E-state index is 12.5. The molecule has 2 heterocycles. The first kappa shape index (κ1) is 24.2. The monoisotopic (exact) mass is 478 g/mol. The number of aryl methyl sites for hydroxylation is 2. The summed E-state index contributed by atoms with van der Waals surface area (Å²) in [5.41, 5.74) is 4.72. The van der Waals surface area contributed by atoms with Gasteiger partial charge in [0.1, 0.15) is 6.54 Å². The summed E-state index contributed by atoms with van der Waals surface area (Å²) in [6.07, 6.45) is 2.04. The van der Waals surface area contributed by atoms with E-state index < -0.39 is 0 Å². The fourth-order valence-corrected chi connectivity index (χ4v) is 4.61. The van der Waals surface area contributed by atoms with E-state index in [4.69, 9.17) is 12.2 Å². The van der Waals surface area contributed by atoms with Crippen molar-refractivity contribution in [3.63, 3.8) is 0 Å². The minimum atomic E-state index is -0.0434. The number of benzene rings is 2. The number of H-pyrrole nitrogens is 1. The lowest BCUT2D eigenvalue weighted by Crippen LogP contribution is -2.46. The van der Waals surface area contributed by atoms with Gasteiger partial charge >= 0.3 is 0 Å². The molecular formula is C26H34N6OS. The largest absolute Gasteiger partial charge is 0.369 e. The van der Waals surface area contributed by atoms with Crippen LogP contribution in [0.2, 0.25) is 0 Å². The minimum absolute atomic E-state index is 0.0434. The van der Waals surface area contributed by atoms with E-state index >= 15 is 0 Å². The van der Waals surface area contributed by atoms with Crippen LogP contribution in [0.15, 0.2) is 48.5 Å². The van der Waals surface area contributed by atoms with Gasteiger partial charge in [0.15, 0.2) is 10.6 Å². The van der Waals surface area contributed by atoms with Crippen LogP contribution in [0, 0.1) is 18.6 Å². The molecule has 0 atom stereocenters. The zero-order chi connectivity index (χ0) is 23.9. The molecule has 0 radical (unpaired) electrons. The number of aromatic nitrogens is 3. The Kier molecular flexibility index (Phi) is 8.13. The molecule has 2 N–H and O–H groups in total. The van der Waals surface area contributed by atoms with Crippen molar-refractivity contribution in [3.05, 3.63) is 64.4 Å². The Balaban J connectivity index is 1.16. The topological polar surface area (TPSA) is 69.2 Å².